The Hall–Kier alpha value is -0.800. The van der Waals surface area contributed by atoms with Gasteiger partial charge in [0.25, 0.3) is 0 Å². The van der Waals surface area contributed by atoms with Gasteiger partial charge in [-0.2, -0.15) is 0 Å². The Morgan fingerprint density at radius 3 is 2.47 bits per heavy atom. The van der Waals surface area contributed by atoms with Crippen LogP contribution in [-0.4, -0.2) is 31.6 Å². The summed E-state index contributed by atoms with van der Waals surface area (Å²) in [5, 5.41) is 3.52. The van der Waals surface area contributed by atoms with Crippen LogP contribution in [0.2, 0.25) is 0 Å². The molecule has 0 aromatic carbocycles. The van der Waals surface area contributed by atoms with E-state index in [0.29, 0.717) is 6.04 Å². The summed E-state index contributed by atoms with van der Waals surface area (Å²) in [7, 11) is 4.34. The maximum Gasteiger partial charge on any atom is 0.0947 e. The van der Waals surface area contributed by atoms with Crippen molar-refractivity contribution in [2.75, 3.05) is 20.6 Å². The summed E-state index contributed by atoms with van der Waals surface area (Å²) >= 11 is 0. The smallest absolute Gasteiger partial charge is 0.0947 e. The van der Waals surface area contributed by atoms with Crippen LogP contribution in [0.1, 0.15) is 32.3 Å². The van der Waals surface area contributed by atoms with Crippen molar-refractivity contribution in [3.8, 4) is 0 Å². The predicted molar refractivity (Wildman–Crippen MR) is 72.0 cm³/mol. The highest BCUT2D eigenvalue weighted by Gasteiger charge is 2.19. The molecular weight excluding hydrogens is 212 g/mol. The van der Waals surface area contributed by atoms with Crippen molar-refractivity contribution in [1.29, 1.82) is 0 Å². The van der Waals surface area contributed by atoms with E-state index in [1.807, 2.05) is 6.07 Å². The van der Waals surface area contributed by atoms with Crippen molar-refractivity contribution >= 4 is 0 Å². The van der Waals surface area contributed by atoms with Crippen LogP contribution in [0.15, 0.2) is 23.0 Å². The molecule has 0 bridgehead atoms. The molecule has 0 aliphatic heterocycles. The minimum atomic E-state index is 0.608. The van der Waals surface area contributed by atoms with Crippen molar-refractivity contribution in [1.82, 2.24) is 10.2 Å². The summed E-state index contributed by atoms with van der Waals surface area (Å²) in [5.41, 5.74) is 1.21. The number of nitrogens with zero attached hydrogens (tertiary/aromatic N) is 1. The number of hydrogen-bond acceptors (Lipinski definition) is 3. The second-order valence-electron chi connectivity index (χ2n) is 4.87. The molecule has 0 spiro atoms. The molecule has 0 aliphatic rings. The fourth-order valence-electron chi connectivity index (χ4n) is 2.36. The fraction of sp³-hybridized carbons (Fsp3) is 0.714. The maximum absolute atomic E-state index is 5.06. The summed E-state index contributed by atoms with van der Waals surface area (Å²) in [4.78, 5) is 2.33. The predicted octanol–water partition coefficient (Wildman–Crippen LogP) is 2.74. The van der Waals surface area contributed by atoms with E-state index in [4.69, 9.17) is 4.42 Å². The summed E-state index contributed by atoms with van der Waals surface area (Å²) in [6, 6.07) is 2.62. The fourth-order valence-corrected chi connectivity index (χ4v) is 2.36. The van der Waals surface area contributed by atoms with Gasteiger partial charge in [0.05, 0.1) is 12.5 Å². The van der Waals surface area contributed by atoms with E-state index in [-0.39, 0.29) is 0 Å². The molecule has 0 amide bonds. The Labute approximate surface area is 105 Å². The van der Waals surface area contributed by atoms with Crippen molar-refractivity contribution in [3.05, 3.63) is 24.2 Å². The van der Waals surface area contributed by atoms with Crippen LogP contribution in [0.3, 0.4) is 0 Å². The van der Waals surface area contributed by atoms with Gasteiger partial charge in [-0.25, -0.2) is 0 Å². The van der Waals surface area contributed by atoms with E-state index < -0.39 is 0 Å². The Morgan fingerprint density at radius 2 is 2.00 bits per heavy atom. The van der Waals surface area contributed by atoms with Gasteiger partial charge < -0.3 is 14.6 Å². The zero-order chi connectivity index (χ0) is 12.7. The van der Waals surface area contributed by atoms with E-state index in [1.54, 1.807) is 12.5 Å². The van der Waals surface area contributed by atoms with Crippen LogP contribution in [0.4, 0.5) is 0 Å². The van der Waals surface area contributed by atoms with Crippen LogP contribution in [-0.2, 0) is 6.54 Å². The Kier molecular flexibility index (Phi) is 6.30. The van der Waals surface area contributed by atoms with E-state index in [0.717, 1.165) is 19.0 Å². The first-order valence-corrected chi connectivity index (χ1v) is 6.57. The molecule has 3 heteroatoms. The van der Waals surface area contributed by atoms with Gasteiger partial charge in [0.1, 0.15) is 0 Å². The van der Waals surface area contributed by atoms with Gasteiger partial charge in [-0.05, 0) is 26.1 Å². The normalized spacial score (nSPS) is 13.5. The lowest BCUT2D eigenvalue weighted by Crippen LogP contribution is -2.42. The lowest BCUT2D eigenvalue weighted by molar-refractivity contribution is 0.194. The minimum absolute atomic E-state index is 0.608. The molecule has 1 aromatic rings. The summed E-state index contributed by atoms with van der Waals surface area (Å²) in [6.45, 7) is 6.48. The van der Waals surface area contributed by atoms with Gasteiger partial charge in [-0.15, -0.1) is 0 Å². The third-order valence-electron chi connectivity index (χ3n) is 3.52. The zero-order valence-corrected chi connectivity index (χ0v) is 11.6. The number of hydrogen-bond donors (Lipinski definition) is 1. The highest BCUT2D eigenvalue weighted by molar-refractivity contribution is 5.04. The first-order chi connectivity index (χ1) is 8.19. The molecule has 0 saturated heterocycles. The Morgan fingerprint density at radius 1 is 1.29 bits per heavy atom. The molecule has 0 fully saturated rings. The lowest BCUT2D eigenvalue weighted by atomic mass is 9.93. The second kappa shape index (κ2) is 7.51. The summed E-state index contributed by atoms with van der Waals surface area (Å²) < 4.78 is 5.06. The third kappa shape index (κ3) is 4.52. The van der Waals surface area contributed by atoms with Gasteiger partial charge in [0, 0.05) is 24.7 Å². The molecular formula is C14H26N2O. The van der Waals surface area contributed by atoms with Gasteiger partial charge in [-0.1, -0.05) is 26.7 Å². The molecule has 1 N–H and O–H groups in total. The molecule has 17 heavy (non-hydrogen) atoms. The van der Waals surface area contributed by atoms with Crippen molar-refractivity contribution < 1.29 is 4.42 Å². The maximum atomic E-state index is 5.06. The van der Waals surface area contributed by atoms with Crippen molar-refractivity contribution in [3.63, 3.8) is 0 Å². The van der Waals surface area contributed by atoms with Crippen LogP contribution in [0.5, 0.6) is 0 Å². The zero-order valence-electron chi connectivity index (χ0n) is 11.6. The van der Waals surface area contributed by atoms with Crippen LogP contribution < -0.4 is 5.32 Å². The molecule has 1 atom stereocenters. The average molecular weight is 238 g/mol. The van der Waals surface area contributed by atoms with Crippen LogP contribution >= 0.6 is 0 Å². The summed E-state index contributed by atoms with van der Waals surface area (Å²) in [5.74, 6) is 0.766. The first kappa shape index (κ1) is 14.3. The second-order valence-corrected chi connectivity index (χ2v) is 4.87. The molecule has 1 unspecified atom stereocenters. The number of furan rings is 1. The highest BCUT2D eigenvalue weighted by Crippen LogP contribution is 2.16. The van der Waals surface area contributed by atoms with E-state index >= 15 is 0 Å². The van der Waals surface area contributed by atoms with Crippen LogP contribution in [0, 0.1) is 5.92 Å². The Bertz CT molecular complexity index is 278. The van der Waals surface area contributed by atoms with Crippen LogP contribution in [0.25, 0.3) is 0 Å². The van der Waals surface area contributed by atoms with Gasteiger partial charge in [0.2, 0.25) is 0 Å². The first-order valence-electron chi connectivity index (χ1n) is 6.57. The highest BCUT2D eigenvalue weighted by atomic mass is 16.3. The van der Waals surface area contributed by atoms with E-state index in [1.165, 1.54) is 18.4 Å². The van der Waals surface area contributed by atoms with Crippen molar-refractivity contribution in [2.24, 2.45) is 5.92 Å². The topological polar surface area (TPSA) is 28.4 Å². The standard InChI is InChI=1S/C14H26N2O/c1-5-13(6-2)14(16(3)4)10-15-9-12-7-8-17-11-12/h7-8,11,13-15H,5-6,9-10H2,1-4H3. The van der Waals surface area contributed by atoms with Crippen molar-refractivity contribution in [2.45, 2.75) is 39.3 Å². The molecule has 0 saturated carbocycles. The average Bonchev–Trinajstić information content (AvgIpc) is 2.81. The monoisotopic (exact) mass is 238 g/mol. The van der Waals surface area contributed by atoms with E-state index in [9.17, 15) is 0 Å². The Balaban J connectivity index is 2.39. The van der Waals surface area contributed by atoms with Gasteiger partial charge in [0.15, 0.2) is 0 Å². The molecule has 0 aliphatic carbocycles. The largest absolute Gasteiger partial charge is 0.472 e. The number of nitrogens with one attached hydrogen (secondary N) is 1. The molecule has 0 radical (unpaired) electrons. The minimum Gasteiger partial charge on any atom is -0.472 e. The quantitative estimate of drug-likeness (QED) is 0.755. The molecule has 1 rings (SSSR count). The molecule has 98 valence electrons. The molecule has 3 nitrogen and oxygen atoms in total. The lowest BCUT2D eigenvalue weighted by Gasteiger charge is -2.31. The number of likely N-dealkylation sites (N-methyl/N-ethyl adjacent to an activating group) is 1. The van der Waals surface area contributed by atoms with Gasteiger partial charge >= 0.3 is 0 Å². The molecule has 1 heterocycles. The van der Waals surface area contributed by atoms with Gasteiger partial charge in [-0.3, -0.25) is 0 Å². The summed E-state index contributed by atoms with van der Waals surface area (Å²) in [6.07, 6.45) is 6.01. The molecule has 1 aromatic heterocycles. The SMILES string of the molecule is CCC(CC)C(CNCc1ccoc1)N(C)C. The number of rotatable bonds is 8. The van der Waals surface area contributed by atoms with E-state index in [2.05, 4.69) is 38.2 Å². The third-order valence-corrected chi connectivity index (χ3v) is 3.52.